The van der Waals surface area contributed by atoms with Crippen LogP contribution in [0, 0.1) is 6.92 Å². The number of aromatic nitrogens is 3. The Kier molecular flexibility index (Phi) is 4.82. The van der Waals surface area contributed by atoms with E-state index in [4.69, 9.17) is 4.52 Å². The second kappa shape index (κ2) is 7.57. The summed E-state index contributed by atoms with van der Waals surface area (Å²) in [6.07, 6.45) is 0.866. The van der Waals surface area contributed by atoms with Crippen LogP contribution in [0.15, 0.2) is 53.1 Å². The molecule has 3 heterocycles. The van der Waals surface area contributed by atoms with Gasteiger partial charge in [-0.05, 0) is 25.5 Å². The van der Waals surface area contributed by atoms with Gasteiger partial charge in [-0.25, -0.2) is 0 Å². The third-order valence-electron chi connectivity index (χ3n) is 4.67. The summed E-state index contributed by atoms with van der Waals surface area (Å²) in [5, 5.41) is 12.6. The molecular weight excluding hydrogens is 342 g/mol. The van der Waals surface area contributed by atoms with E-state index < -0.39 is 0 Å². The zero-order valence-electron chi connectivity index (χ0n) is 15.2. The number of rotatable bonds is 3. The second-order valence-electron chi connectivity index (χ2n) is 6.60. The van der Waals surface area contributed by atoms with Gasteiger partial charge < -0.3 is 14.3 Å². The van der Waals surface area contributed by atoms with Crippen LogP contribution in [0.5, 0.6) is 0 Å². The van der Waals surface area contributed by atoms with Crippen molar-refractivity contribution in [3.8, 4) is 11.3 Å². The van der Waals surface area contributed by atoms with Gasteiger partial charge in [0.15, 0.2) is 11.5 Å². The molecule has 1 aliphatic heterocycles. The molecule has 0 saturated carbocycles. The van der Waals surface area contributed by atoms with E-state index in [0.717, 1.165) is 30.0 Å². The number of hydrogen-bond acceptors (Lipinski definition) is 6. The molecular formula is C20H21N5O2. The molecule has 7 nitrogen and oxygen atoms in total. The van der Waals surface area contributed by atoms with Crippen LogP contribution in [-0.2, 0) is 0 Å². The Labute approximate surface area is 157 Å². The number of aryl methyl sites for hydroxylation is 1. The molecule has 138 valence electrons. The molecule has 4 rings (SSSR count). The lowest BCUT2D eigenvalue weighted by Gasteiger charge is -2.22. The molecule has 0 aliphatic carbocycles. The van der Waals surface area contributed by atoms with Crippen LogP contribution >= 0.6 is 0 Å². The lowest BCUT2D eigenvalue weighted by molar-refractivity contribution is 0.0756. The molecule has 2 aromatic heterocycles. The first-order chi connectivity index (χ1) is 13.2. The van der Waals surface area contributed by atoms with Crippen molar-refractivity contribution in [2.45, 2.75) is 13.3 Å². The predicted octanol–water partition coefficient (Wildman–Crippen LogP) is 2.79. The van der Waals surface area contributed by atoms with Crippen molar-refractivity contribution in [3.63, 3.8) is 0 Å². The molecule has 0 radical (unpaired) electrons. The van der Waals surface area contributed by atoms with Crippen LogP contribution in [0.4, 0.5) is 5.82 Å². The maximum atomic E-state index is 12.6. The minimum absolute atomic E-state index is 0.0841. The van der Waals surface area contributed by atoms with Gasteiger partial charge in [0.2, 0.25) is 0 Å². The van der Waals surface area contributed by atoms with Crippen LogP contribution in [0.3, 0.4) is 0 Å². The van der Waals surface area contributed by atoms with Gasteiger partial charge in [-0.15, -0.1) is 10.2 Å². The molecule has 0 unspecified atom stereocenters. The Morgan fingerprint density at radius 2 is 1.85 bits per heavy atom. The van der Waals surface area contributed by atoms with Crippen molar-refractivity contribution in [2.75, 3.05) is 31.1 Å². The first kappa shape index (κ1) is 17.2. The molecule has 0 spiro atoms. The van der Waals surface area contributed by atoms with E-state index >= 15 is 0 Å². The van der Waals surface area contributed by atoms with Crippen molar-refractivity contribution in [3.05, 3.63) is 60.0 Å². The highest BCUT2D eigenvalue weighted by Crippen LogP contribution is 2.19. The summed E-state index contributed by atoms with van der Waals surface area (Å²) in [6, 6.07) is 15.7. The summed E-state index contributed by atoms with van der Waals surface area (Å²) in [7, 11) is 0. The van der Waals surface area contributed by atoms with Gasteiger partial charge in [0.05, 0.1) is 5.69 Å². The molecule has 7 heteroatoms. The zero-order valence-corrected chi connectivity index (χ0v) is 15.2. The van der Waals surface area contributed by atoms with Crippen LogP contribution in [0.1, 0.15) is 22.7 Å². The molecule has 27 heavy (non-hydrogen) atoms. The summed E-state index contributed by atoms with van der Waals surface area (Å²) in [5.74, 6) is 1.39. The Hall–Kier alpha value is -3.22. The summed E-state index contributed by atoms with van der Waals surface area (Å²) < 4.78 is 5.02. The maximum absolute atomic E-state index is 12.6. The van der Waals surface area contributed by atoms with E-state index in [-0.39, 0.29) is 5.91 Å². The molecule has 3 aromatic rings. The Morgan fingerprint density at radius 1 is 1.00 bits per heavy atom. The topological polar surface area (TPSA) is 75.4 Å². The lowest BCUT2D eigenvalue weighted by Crippen LogP contribution is -2.35. The van der Waals surface area contributed by atoms with Gasteiger partial charge in [0, 0.05) is 37.8 Å². The summed E-state index contributed by atoms with van der Waals surface area (Å²) in [4.78, 5) is 16.6. The number of nitrogens with zero attached hydrogens (tertiary/aromatic N) is 5. The molecule has 0 atom stereocenters. The smallest absolute Gasteiger partial charge is 0.276 e. The van der Waals surface area contributed by atoms with Crippen molar-refractivity contribution >= 4 is 11.7 Å². The minimum Gasteiger partial charge on any atom is -0.361 e. The third kappa shape index (κ3) is 3.81. The zero-order chi connectivity index (χ0) is 18.6. The highest BCUT2D eigenvalue weighted by atomic mass is 16.5. The fourth-order valence-electron chi connectivity index (χ4n) is 3.24. The Morgan fingerprint density at radius 3 is 2.56 bits per heavy atom. The van der Waals surface area contributed by atoms with E-state index in [9.17, 15) is 4.79 Å². The van der Waals surface area contributed by atoms with Crippen molar-refractivity contribution in [1.82, 2.24) is 20.3 Å². The minimum atomic E-state index is -0.0841. The molecule has 1 aliphatic rings. The van der Waals surface area contributed by atoms with E-state index in [1.807, 2.05) is 47.4 Å². The SMILES string of the molecule is Cc1cc(C(=O)N2CCCN(c3ccc(-c4ccccc4)nn3)CC2)no1. The fourth-order valence-corrected chi connectivity index (χ4v) is 3.24. The molecule has 1 fully saturated rings. The van der Waals surface area contributed by atoms with Crippen molar-refractivity contribution < 1.29 is 9.32 Å². The standard InChI is InChI=1S/C20H21N5O2/c1-15-14-18(23-27-15)20(26)25-11-5-10-24(12-13-25)19-9-8-17(21-22-19)16-6-3-2-4-7-16/h2-4,6-9,14H,5,10-13H2,1H3. The highest BCUT2D eigenvalue weighted by molar-refractivity contribution is 5.92. The lowest BCUT2D eigenvalue weighted by atomic mass is 10.1. The van der Waals surface area contributed by atoms with E-state index in [2.05, 4.69) is 20.3 Å². The summed E-state index contributed by atoms with van der Waals surface area (Å²) >= 11 is 0. The molecule has 1 saturated heterocycles. The average molecular weight is 363 g/mol. The van der Waals surface area contributed by atoms with Crippen LogP contribution in [0.25, 0.3) is 11.3 Å². The van der Waals surface area contributed by atoms with Crippen LogP contribution < -0.4 is 4.90 Å². The number of anilines is 1. The van der Waals surface area contributed by atoms with Gasteiger partial charge >= 0.3 is 0 Å². The number of carbonyl (C=O) groups excluding carboxylic acids is 1. The van der Waals surface area contributed by atoms with Crippen molar-refractivity contribution in [2.24, 2.45) is 0 Å². The van der Waals surface area contributed by atoms with Gasteiger partial charge in [0.25, 0.3) is 5.91 Å². The van der Waals surface area contributed by atoms with Crippen molar-refractivity contribution in [1.29, 1.82) is 0 Å². The van der Waals surface area contributed by atoms with Gasteiger partial charge in [-0.3, -0.25) is 4.79 Å². The predicted molar refractivity (Wildman–Crippen MR) is 101 cm³/mol. The fraction of sp³-hybridized carbons (Fsp3) is 0.300. The van der Waals surface area contributed by atoms with Gasteiger partial charge in [-0.1, -0.05) is 35.5 Å². The maximum Gasteiger partial charge on any atom is 0.276 e. The second-order valence-corrected chi connectivity index (χ2v) is 6.60. The van der Waals surface area contributed by atoms with E-state index in [1.54, 1.807) is 13.0 Å². The molecule has 1 amide bonds. The normalized spacial score (nSPS) is 14.9. The molecule has 1 aromatic carbocycles. The number of hydrogen-bond donors (Lipinski definition) is 0. The van der Waals surface area contributed by atoms with E-state index in [0.29, 0.717) is 31.1 Å². The highest BCUT2D eigenvalue weighted by Gasteiger charge is 2.23. The number of amides is 1. The van der Waals surface area contributed by atoms with Crippen LogP contribution in [-0.4, -0.2) is 52.3 Å². The van der Waals surface area contributed by atoms with E-state index in [1.165, 1.54) is 0 Å². The Balaban J connectivity index is 1.43. The third-order valence-corrected chi connectivity index (χ3v) is 4.67. The molecule has 0 N–H and O–H groups in total. The monoisotopic (exact) mass is 363 g/mol. The quantitative estimate of drug-likeness (QED) is 0.712. The average Bonchev–Trinajstić information content (AvgIpc) is 3.00. The first-order valence-corrected chi connectivity index (χ1v) is 9.07. The summed E-state index contributed by atoms with van der Waals surface area (Å²) in [6.45, 7) is 4.64. The largest absolute Gasteiger partial charge is 0.361 e. The number of carbonyl (C=O) groups is 1. The first-order valence-electron chi connectivity index (χ1n) is 9.07. The van der Waals surface area contributed by atoms with Gasteiger partial charge in [-0.2, -0.15) is 0 Å². The van der Waals surface area contributed by atoms with Gasteiger partial charge in [0.1, 0.15) is 5.76 Å². The molecule has 0 bridgehead atoms. The number of benzene rings is 1. The van der Waals surface area contributed by atoms with Crippen LogP contribution in [0.2, 0.25) is 0 Å². The Bertz CT molecular complexity index is 908. The summed E-state index contributed by atoms with van der Waals surface area (Å²) in [5.41, 5.74) is 2.27.